The van der Waals surface area contributed by atoms with E-state index in [2.05, 4.69) is 34.3 Å². The lowest BCUT2D eigenvalue weighted by atomic mass is 10.1. The second kappa shape index (κ2) is 14.8. The molecule has 0 aliphatic heterocycles. The first kappa shape index (κ1) is 28.8. The van der Waals surface area contributed by atoms with Crippen molar-refractivity contribution in [1.82, 2.24) is 5.32 Å². The normalized spacial score (nSPS) is 10.7. The lowest BCUT2D eigenvalue weighted by molar-refractivity contribution is -0.123. The first-order valence-corrected chi connectivity index (χ1v) is 12.3. The fourth-order valence-electron chi connectivity index (χ4n) is 3.54. The third-order valence-electron chi connectivity index (χ3n) is 5.64. The maximum atomic E-state index is 13.2. The van der Waals surface area contributed by atoms with Crippen molar-refractivity contribution < 1.29 is 23.9 Å². The van der Waals surface area contributed by atoms with Gasteiger partial charge in [0.25, 0.3) is 5.91 Å². The van der Waals surface area contributed by atoms with Gasteiger partial charge < -0.3 is 21.5 Å². The molecule has 0 fully saturated rings. The van der Waals surface area contributed by atoms with Crippen LogP contribution in [0.25, 0.3) is 0 Å². The molecule has 2 amide bonds. The summed E-state index contributed by atoms with van der Waals surface area (Å²) in [6, 6.07) is 19.0. The van der Waals surface area contributed by atoms with Crippen LogP contribution < -0.4 is 16.4 Å². The number of halogens is 1. The number of carbonyl (C=O) groups excluding carboxylic acids is 3. The molecule has 0 aliphatic rings. The minimum atomic E-state index is -0.944. The van der Waals surface area contributed by atoms with Gasteiger partial charge in [-0.15, -0.1) is 0 Å². The monoisotopic (exact) mass is 525 g/mol. The van der Waals surface area contributed by atoms with Crippen molar-refractivity contribution in [2.75, 3.05) is 18.5 Å². The summed E-state index contributed by atoms with van der Waals surface area (Å²) in [5.74, 6) is 9.92. The molecule has 0 radical (unpaired) electrons. The van der Waals surface area contributed by atoms with Gasteiger partial charge in [-0.3, -0.25) is 14.4 Å². The maximum Gasteiger partial charge on any atom is 0.251 e. The molecule has 39 heavy (non-hydrogen) atoms. The van der Waals surface area contributed by atoms with Crippen molar-refractivity contribution in [3.63, 3.8) is 0 Å². The van der Waals surface area contributed by atoms with E-state index in [1.807, 2.05) is 6.07 Å². The third-order valence-corrected chi connectivity index (χ3v) is 5.64. The molecule has 3 rings (SSSR count). The molecule has 0 spiro atoms. The first-order valence-electron chi connectivity index (χ1n) is 12.3. The Morgan fingerprint density at radius 3 is 2.15 bits per heavy atom. The number of aryl methyl sites for hydroxylation is 1. The second-order valence-electron chi connectivity index (χ2n) is 8.57. The van der Waals surface area contributed by atoms with Crippen molar-refractivity contribution in [2.45, 2.75) is 25.3 Å². The zero-order valence-electron chi connectivity index (χ0n) is 21.2. The number of Topliss-reactive ketones (excluding diaryl/α,β-unsaturated/α-hetero) is 1. The summed E-state index contributed by atoms with van der Waals surface area (Å²) in [5.41, 5.74) is 8.70. The molecule has 3 aromatic carbocycles. The summed E-state index contributed by atoms with van der Waals surface area (Å²) in [7, 11) is 0. The van der Waals surface area contributed by atoms with Crippen LogP contribution in [0.2, 0.25) is 0 Å². The molecule has 0 saturated carbocycles. The van der Waals surface area contributed by atoms with E-state index in [1.54, 1.807) is 54.6 Å². The Kier molecular flexibility index (Phi) is 11.0. The number of anilines is 1. The highest BCUT2D eigenvalue weighted by Crippen LogP contribution is 2.11. The molecule has 1 atom stereocenters. The van der Waals surface area contributed by atoms with Gasteiger partial charge in [-0.2, -0.15) is 0 Å². The van der Waals surface area contributed by atoms with Crippen molar-refractivity contribution in [3.8, 4) is 23.7 Å². The first-order chi connectivity index (χ1) is 18.9. The summed E-state index contributed by atoms with van der Waals surface area (Å²) in [6.45, 7) is -0.803. The topological polar surface area (TPSA) is 122 Å². The van der Waals surface area contributed by atoms with Crippen LogP contribution in [0.15, 0.2) is 72.8 Å². The van der Waals surface area contributed by atoms with E-state index >= 15 is 0 Å². The zero-order valence-corrected chi connectivity index (χ0v) is 21.2. The van der Waals surface area contributed by atoms with Crippen LogP contribution in [0.1, 0.15) is 39.9 Å². The van der Waals surface area contributed by atoms with Crippen molar-refractivity contribution in [3.05, 3.63) is 101 Å². The third kappa shape index (κ3) is 9.56. The quantitative estimate of drug-likeness (QED) is 0.303. The number of nitrogens with two attached hydrogens (primary N) is 1. The van der Waals surface area contributed by atoms with Crippen LogP contribution in [-0.2, 0) is 16.0 Å². The number of rotatable bonds is 10. The summed E-state index contributed by atoms with van der Waals surface area (Å²) < 4.78 is 13.2. The van der Waals surface area contributed by atoms with E-state index in [1.165, 1.54) is 12.1 Å². The molecule has 0 bridgehead atoms. The summed E-state index contributed by atoms with van der Waals surface area (Å²) in [4.78, 5) is 36.0. The van der Waals surface area contributed by atoms with Gasteiger partial charge in [-0.25, -0.2) is 4.39 Å². The fourth-order valence-corrected chi connectivity index (χ4v) is 3.54. The highest BCUT2D eigenvalue weighted by Gasteiger charge is 2.18. The van der Waals surface area contributed by atoms with E-state index in [0.29, 0.717) is 36.1 Å². The summed E-state index contributed by atoms with van der Waals surface area (Å²) in [5, 5.41) is 14.3. The van der Waals surface area contributed by atoms with Crippen LogP contribution in [0.5, 0.6) is 0 Å². The smallest absolute Gasteiger partial charge is 0.251 e. The van der Waals surface area contributed by atoms with Crippen LogP contribution >= 0.6 is 0 Å². The number of ketones is 1. The lowest BCUT2D eigenvalue weighted by Gasteiger charge is -2.14. The van der Waals surface area contributed by atoms with Gasteiger partial charge >= 0.3 is 0 Å². The maximum absolute atomic E-state index is 13.2. The predicted octanol–water partition coefficient (Wildman–Crippen LogP) is 2.81. The zero-order chi connectivity index (χ0) is 28.0. The Morgan fingerprint density at radius 1 is 0.923 bits per heavy atom. The molecular formula is C31H28FN3O4. The molecule has 5 N–H and O–H groups in total. The molecule has 198 valence electrons. The van der Waals surface area contributed by atoms with E-state index in [9.17, 15) is 18.8 Å². The van der Waals surface area contributed by atoms with Gasteiger partial charge in [-0.1, -0.05) is 24.0 Å². The van der Waals surface area contributed by atoms with Gasteiger partial charge in [-0.05, 0) is 90.9 Å². The Balaban J connectivity index is 1.47. The number of amides is 2. The predicted molar refractivity (Wildman–Crippen MR) is 147 cm³/mol. The molecule has 0 saturated heterocycles. The van der Waals surface area contributed by atoms with Gasteiger partial charge in [0.05, 0.1) is 0 Å². The highest BCUT2D eigenvalue weighted by molar-refractivity contribution is 5.98. The average molecular weight is 526 g/mol. The highest BCUT2D eigenvalue weighted by atomic mass is 19.1. The number of benzene rings is 3. The number of hydrogen-bond acceptors (Lipinski definition) is 5. The van der Waals surface area contributed by atoms with Gasteiger partial charge in [0, 0.05) is 35.3 Å². The van der Waals surface area contributed by atoms with Crippen molar-refractivity contribution in [1.29, 1.82) is 0 Å². The second-order valence-corrected chi connectivity index (χ2v) is 8.57. The van der Waals surface area contributed by atoms with E-state index in [0.717, 1.165) is 11.1 Å². The van der Waals surface area contributed by atoms with Crippen LogP contribution in [0.3, 0.4) is 0 Å². The summed E-state index contributed by atoms with van der Waals surface area (Å²) >= 11 is 0. The molecular weight excluding hydrogens is 497 g/mol. The fraction of sp³-hybridized carbons (Fsp3) is 0.194. The number of aliphatic hydroxyl groups is 1. The Bertz CT molecular complexity index is 1430. The number of hydrogen-bond donors (Lipinski definition) is 4. The Hall–Kier alpha value is -4.76. The minimum absolute atomic E-state index is 0.107. The van der Waals surface area contributed by atoms with Gasteiger partial charge in [0.1, 0.15) is 18.5 Å². The minimum Gasteiger partial charge on any atom is -0.388 e. The van der Waals surface area contributed by atoms with E-state index in [-0.39, 0.29) is 18.3 Å². The van der Waals surface area contributed by atoms with Crippen LogP contribution in [0, 0.1) is 29.5 Å². The summed E-state index contributed by atoms with van der Waals surface area (Å²) in [6.07, 6.45) is 1.58. The molecule has 7 nitrogen and oxygen atoms in total. The number of aliphatic hydroxyl groups excluding tert-OH is 1. The molecule has 0 aromatic heterocycles. The van der Waals surface area contributed by atoms with Gasteiger partial charge in [0.15, 0.2) is 5.78 Å². The largest absolute Gasteiger partial charge is 0.388 e. The number of carbonyl (C=O) groups is 3. The average Bonchev–Trinajstić information content (AvgIpc) is 2.94. The molecule has 8 heteroatoms. The lowest BCUT2D eigenvalue weighted by Crippen LogP contribution is -2.46. The SMILES string of the molecule is NC[C@H](NC(=O)c1ccc(C#CC#Cc2ccc(NC(=O)CCCc3cccc(F)c3)cc2)cc1)C(=O)CO. The van der Waals surface area contributed by atoms with E-state index < -0.39 is 24.3 Å². The van der Waals surface area contributed by atoms with Crippen molar-refractivity contribution in [2.24, 2.45) is 5.73 Å². The Morgan fingerprint density at radius 2 is 1.56 bits per heavy atom. The van der Waals surface area contributed by atoms with Crippen LogP contribution in [0.4, 0.5) is 10.1 Å². The molecule has 0 unspecified atom stereocenters. The van der Waals surface area contributed by atoms with E-state index in [4.69, 9.17) is 10.8 Å². The van der Waals surface area contributed by atoms with Crippen molar-refractivity contribution >= 4 is 23.3 Å². The molecule has 3 aromatic rings. The standard InChI is InChI=1S/C31H28FN3O4/c32-26-9-3-7-24(19-26)8-4-10-30(38)34-27-17-13-23(14-18-27)6-2-1-5-22-11-15-25(16-12-22)31(39)35-28(20-33)29(37)21-36/h3,7,9,11-19,28,36H,4,8,10,20-21,33H2,(H,34,38)(H,35,39)/t28-/m0/s1. The molecule has 0 heterocycles. The van der Waals surface area contributed by atoms with Gasteiger partial charge in [0.2, 0.25) is 5.91 Å². The Labute approximate surface area is 226 Å². The van der Waals surface area contributed by atoms with Crippen LogP contribution in [-0.4, -0.2) is 41.9 Å². The number of nitrogens with one attached hydrogen (secondary N) is 2. The molecule has 0 aliphatic carbocycles.